The predicted octanol–water partition coefficient (Wildman–Crippen LogP) is 1.98. The Morgan fingerprint density at radius 2 is 1.96 bits per heavy atom. The average Bonchev–Trinajstić information content (AvgIpc) is 2.91. The van der Waals surface area contributed by atoms with Crippen LogP contribution in [-0.2, 0) is 7.05 Å². The minimum absolute atomic E-state index is 0.172. The van der Waals surface area contributed by atoms with Gasteiger partial charge in [-0.1, -0.05) is 0 Å². The van der Waals surface area contributed by atoms with Crippen molar-refractivity contribution in [2.75, 3.05) is 13.1 Å². The number of amides is 1. The molecule has 3 rings (SSSR count). The van der Waals surface area contributed by atoms with Gasteiger partial charge >= 0.3 is 0 Å². The predicted molar refractivity (Wildman–Crippen MR) is 92.3 cm³/mol. The molecule has 0 radical (unpaired) electrons. The van der Waals surface area contributed by atoms with Gasteiger partial charge in [0.2, 0.25) is 0 Å². The zero-order valence-corrected chi connectivity index (χ0v) is 14.7. The highest BCUT2D eigenvalue weighted by Gasteiger charge is 2.28. The molecule has 1 amide bonds. The summed E-state index contributed by atoms with van der Waals surface area (Å²) in [5.41, 5.74) is 2.96. The Balaban J connectivity index is 1.85. The highest BCUT2D eigenvalue weighted by atomic mass is 16.2. The fourth-order valence-corrected chi connectivity index (χ4v) is 3.42. The van der Waals surface area contributed by atoms with E-state index in [9.17, 15) is 9.59 Å². The summed E-state index contributed by atoms with van der Waals surface area (Å²) in [5.74, 6) is -0.179. The number of likely N-dealkylation sites (tertiary alicyclic amines) is 1. The maximum absolute atomic E-state index is 12.8. The Hall–Kier alpha value is -2.37. The second-order valence-corrected chi connectivity index (χ2v) is 6.67. The Morgan fingerprint density at radius 1 is 1.21 bits per heavy atom. The Morgan fingerprint density at radius 3 is 2.62 bits per heavy atom. The fraction of sp³-hybridized carbons (Fsp3) is 0.500. The summed E-state index contributed by atoms with van der Waals surface area (Å²) < 4.78 is 3.54. The quantitative estimate of drug-likeness (QED) is 0.847. The number of piperidine rings is 1. The van der Waals surface area contributed by atoms with Crippen molar-refractivity contribution in [3.63, 3.8) is 0 Å². The molecule has 2 aromatic heterocycles. The number of hydrogen-bond acceptors (Lipinski definition) is 3. The molecular formula is C18H24N4O2. The molecular weight excluding hydrogens is 304 g/mol. The van der Waals surface area contributed by atoms with E-state index in [-0.39, 0.29) is 23.1 Å². The Labute approximate surface area is 141 Å². The van der Waals surface area contributed by atoms with Gasteiger partial charge < -0.3 is 9.47 Å². The van der Waals surface area contributed by atoms with Gasteiger partial charge in [-0.3, -0.25) is 14.3 Å². The van der Waals surface area contributed by atoms with Crippen LogP contribution in [0, 0.1) is 20.8 Å². The van der Waals surface area contributed by atoms with Gasteiger partial charge in [0.25, 0.3) is 11.5 Å². The number of nitrogens with zero attached hydrogens (tertiary/aromatic N) is 4. The topological polar surface area (TPSA) is 60.1 Å². The van der Waals surface area contributed by atoms with Gasteiger partial charge in [0, 0.05) is 31.5 Å². The van der Waals surface area contributed by atoms with Crippen LogP contribution in [0.2, 0.25) is 0 Å². The average molecular weight is 328 g/mol. The van der Waals surface area contributed by atoms with E-state index < -0.39 is 0 Å². The van der Waals surface area contributed by atoms with Crippen molar-refractivity contribution in [3.05, 3.63) is 51.2 Å². The van der Waals surface area contributed by atoms with Crippen LogP contribution in [0.5, 0.6) is 0 Å². The molecule has 0 N–H and O–H groups in total. The minimum Gasteiger partial charge on any atom is -0.336 e. The fourth-order valence-electron chi connectivity index (χ4n) is 3.42. The summed E-state index contributed by atoms with van der Waals surface area (Å²) in [6.45, 7) is 7.15. The normalized spacial score (nSPS) is 18.0. The molecule has 1 saturated heterocycles. The molecule has 1 fully saturated rings. The molecule has 3 heterocycles. The second-order valence-electron chi connectivity index (χ2n) is 6.67. The van der Waals surface area contributed by atoms with Crippen molar-refractivity contribution in [2.45, 2.75) is 39.7 Å². The molecule has 0 bridgehead atoms. The lowest BCUT2D eigenvalue weighted by Gasteiger charge is -2.33. The summed E-state index contributed by atoms with van der Waals surface area (Å²) in [6.07, 6.45) is 1.92. The van der Waals surface area contributed by atoms with E-state index >= 15 is 0 Å². The summed E-state index contributed by atoms with van der Waals surface area (Å²) >= 11 is 0. The van der Waals surface area contributed by atoms with Gasteiger partial charge in [0.15, 0.2) is 0 Å². The van der Waals surface area contributed by atoms with Crippen LogP contribution in [0.3, 0.4) is 0 Å². The largest absolute Gasteiger partial charge is 0.336 e. The van der Waals surface area contributed by atoms with Crippen molar-refractivity contribution >= 4 is 5.91 Å². The lowest BCUT2D eigenvalue weighted by molar-refractivity contribution is 0.0669. The summed E-state index contributed by atoms with van der Waals surface area (Å²) in [6, 6.07) is 5.69. The molecule has 128 valence electrons. The van der Waals surface area contributed by atoms with Gasteiger partial charge in [0.1, 0.15) is 5.56 Å². The molecule has 24 heavy (non-hydrogen) atoms. The van der Waals surface area contributed by atoms with Crippen LogP contribution in [0.4, 0.5) is 0 Å². The molecule has 0 aromatic carbocycles. The van der Waals surface area contributed by atoms with E-state index in [1.165, 1.54) is 4.57 Å². The molecule has 0 spiro atoms. The third kappa shape index (κ3) is 2.88. The van der Waals surface area contributed by atoms with E-state index in [1.54, 1.807) is 18.0 Å². The van der Waals surface area contributed by atoms with Crippen LogP contribution in [0.1, 0.15) is 46.3 Å². The van der Waals surface area contributed by atoms with Crippen LogP contribution in [0.25, 0.3) is 0 Å². The Kier molecular flexibility index (Phi) is 4.30. The molecule has 2 aromatic rings. The van der Waals surface area contributed by atoms with Crippen molar-refractivity contribution in [1.29, 1.82) is 0 Å². The maximum atomic E-state index is 12.8. The third-order valence-corrected chi connectivity index (χ3v) is 4.86. The van der Waals surface area contributed by atoms with Crippen molar-refractivity contribution < 1.29 is 4.79 Å². The zero-order chi connectivity index (χ0) is 17.4. The summed E-state index contributed by atoms with van der Waals surface area (Å²) in [4.78, 5) is 27.0. The van der Waals surface area contributed by atoms with E-state index in [0.29, 0.717) is 13.1 Å². The number of hydrogen-bond donors (Lipinski definition) is 0. The number of aromatic nitrogens is 3. The molecule has 1 aliphatic rings. The highest BCUT2D eigenvalue weighted by molar-refractivity contribution is 5.94. The molecule has 6 nitrogen and oxygen atoms in total. The number of carbonyl (C=O) groups excluding carboxylic acids is 1. The number of aryl methyl sites for hydroxylation is 3. The van der Waals surface area contributed by atoms with Crippen LogP contribution >= 0.6 is 0 Å². The monoisotopic (exact) mass is 328 g/mol. The molecule has 6 heteroatoms. The molecule has 1 atom stereocenters. The summed E-state index contributed by atoms with van der Waals surface area (Å²) in [7, 11) is 1.70. The van der Waals surface area contributed by atoms with Gasteiger partial charge in [-0.25, -0.2) is 0 Å². The number of carbonyl (C=O) groups is 1. The van der Waals surface area contributed by atoms with Gasteiger partial charge in [-0.05, 0) is 51.8 Å². The molecule has 1 aliphatic heterocycles. The van der Waals surface area contributed by atoms with Crippen molar-refractivity contribution in [2.24, 2.45) is 7.05 Å². The maximum Gasteiger partial charge on any atom is 0.263 e. The highest BCUT2D eigenvalue weighted by Crippen LogP contribution is 2.23. The standard InChI is InChI=1S/C18H24N4O2/c1-12-10-14(3)22(19-12)15-6-5-9-21(11-15)18(24)16-8-7-13(2)20(4)17(16)23/h7-8,10,15H,5-6,9,11H2,1-4H3. The first-order valence-corrected chi connectivity index (χ1v) is 8.37. The first-order valence-electron chi connectivity index (χ1n) is 8.37. The smallest absolute Gasteiger partial charge is 0.263 e. The van der Waals surface area contributed by atoms with Crippen LogP contribution in [0.15, 0.2) is 23.0 Å². The van der Waals surface area contributed by atoms with Crippen LogP contribution < -0.4 is 5.56 Å². The van der Waals surface area contributed by atoms with Gasteiger partial charge in [0.05, 0.1) is 11.7 Å². The number of rotatable bonds is 2. The first kappa shape index (κ1) is 16.5. The summed E-state index contributed by atoms with van der Waals surface area (Å²) in [5, 5.41) is 4.56. The van der Waals surface area contributed by atoms with E-state index in [4.69, 9.17) is 0 Å². The van der Waals surface area contributed by atoms with Gasteiger partial charge in [-0.15, -0.1) is 0 Å². The van der Waals surface area contributed by atoms with E-state index in [1.807, 2.05) is 31.5 Å². The minimum atomic E-state index is -0.228. The molecule has 1 unspecified atom stereocenters. The Bertz CT molecular complexity index is 834. The van der Waals surface area contributed by atoms with E-state index in [2.05, 4.69) is 11.2 Å². The van der Waals surface area contributed by atoms with E-state index in [0.717, 1.165) is 29.9 Å². The van der Waals surface area contributed by atoms with Crippen LogP contribution in [-0.4, -0.2) is 38.2 Å². The SMILES string of the molecule is Cc1cc(C)n(C2CCCN(C(=O)c3ccc(C)n(C)c3=O)C2)n1. The molecule has 0 saturated carbocycles. The second kappa shape index (κ2) is 6.26. The van der Waals surface area contributed by atoms with Gasteiger partial charge in [-0.2, -0.15) is 5.10 Å². The lowest BCUT2D eigenvalue weighted by Crippen LogP contribution is -2.43. The number of pyridine rings is 1. The molecule has 0 aliphatic carbocycles. The lowest BCUT2D eigenvalue weighted by atomic mass is 10.0. The van der Waals surface area contributed by atoms with Crippen molar-refractivity contribution in [1.82, 2.24) is 19.2 Å². The first-order chi connectivity index (χ1) is 11.4. The third-order valence-electron chi connectivity index (χ3n) is 4.86. The zero-order valence-electron chi connectivity index (χ0n) is 14.7. The van der Waals surface area contributed by atoms with Crippen molar-refractivity contribution in [3.8, 4) is 0 Å².